The van der Waals surface area contributed by atoms with Crippen LogP contribution in [0.5, 0.6) is 0 Å². The molecule has 0 aromatic heterocycles. The van der Waals surface area contributed by atoms with E-state index in [1.54, 1.807) is 24.3 Å². The summed E-state index contributed by atoms with van der Waals surface area (Å²) in [6.45, 7) is 1.96. The van der Waals surface area contributed by atoms with Crippen molar-refractivity contribution < 1.29 is 4.79 Å². The van der Waals surface area contributed by atoms with Crippen LogP contribution in [0.25, 0.3) is 0 Å². The van der Waals surface area contributed by atoms with Crippen LogP contribution in [0, 0.1) is 23.2 Å². The average molecular weight is 214 g/mol. The molecule has 0 radical (unpaired) electrons. The van der Waals surface area contributed by atoms with E-state index in [0.29, 0.717) is 17.2 Å². The lowest BCUT2D eigenvalue weighted by atomic mass is 10.1. The Morgan fingerprint density at radius 2 is 2.31 bits per heavy atom. The number of hydrogen-bond acceptors (Lipinski definition) is 2. The van der Waals surface area contributed by atoms with Gasteiger partial charge in [0.15, 0.2) is 0 Å². The Kier molecular flexibility index (Phi) is 2.91. The van der Waals surface area contributed by atoms with Crippen LogP contribution in [0.1, 0.15) is 25.3 Å². The van der Waals surface area contributed by atoms with Gasteiger partial charge in [-0.05, 0) is 37.0 Å². The van der Waals surface area contributed by atoms with E-state index in [4.69, 9.17) is 5.26 Å². The number of anilines is 1. The third-order valence-corrected chi connectivity index (χ3v) is 3.00. The molecule has 3 nitrogen and oxygen atoms in total. The largest absolute Gasteiger partial charge is 0.326 e. The molecule has 1 saturated carbocycles. The Morgan fingerprint density at radius 1 is 1.56 bits per heavy atom. The van der Waals surface area contributed by atoms with Crippen LogP contribution in [0.15, 0.2) is 24.3 Å². The Labute approximate surface area is 95.1 Å². The predicted molar refractivity (Wildman–Crippen MR) is 61.7 cm³/mol. The summed E-state index contributed by atoms with van der Waals surface area (Å²) in [5.41, 5.74) is 1.27. The zero-order chi connectivity index (χ0) is 11.5. The third-order valence-electron chi connectivity index (χ3n) is 3.00. The first-order valence-corrected chi connectivity index (χ1v) is 5.51. The zero-order valence-electron chi connectivity index (χ0n) is 9.23. The van der Waals surface area contributed by atoms with Crippen molar-refractivity contribution in [3.63, 3.8) is 0 Å². The first kappa shape index (κ1) is 10.7. The molecule has 0 aliphatic heterocycles. The summed E-state index contributed by atoms with van der Waals surface area (Å²) in [6, 6.07) is 9.05. The number of carbonyl (C=O) groups excluding carboxylic acids is 1. The number of carbonyl (C=O) groups is 1. The molecule has 1 unspecified atom stereocenters. The molecule has 1 aromatic carbocycles. The minimum absolute atomic E-state index is 0.0533. The van der Waals surface area contributed by atoms with Crippen molar-refractivity contribution in [2.75, 3.05) is 5.32 Å². The Balaban J connectivity index is 2.02. The third kappa shape index (κ3) is 2.40. The fourth-order valence-corrected chi connectivity index (χ4v) is 1.73. The van der Waals surface area contributed by atoms with Crippen LogP contribution in [-0.4, -0.2) is 5.91 Å². The summed E-state index contributed by atoms with van der Waals surface area (Å²) < 4.78 is 0. The van der Waals surface area contributed by atoms with E-state index in [2.05, 4.69) is 11.4 Å². The molecule has 0 spiro atoms. The molecule has 1 fully saturated rings. The molecular formula is C13H14N2O. The van der Waals surface area contributed by atoms with Gasteiger partial charge in [-0.2, -0.15) is 5.26 Å². The number of nitrogens with zero attached hydrogens (tertiary/aromatic N) is 1. The fraction of sp³-hybridized carbons (Fsp3) is 0.385. The molecule has 1 amide bonds. The van der Waals surface area contributed by atoms with E-state index in [9.17, 15) is 4.79 Å². The molecular weight excluding hydrogens is 200 g/mol. The Bertz CT molecular complexity index is 443. The topological polar surface area (TPSA) is 52.9 Å². The van der Waals surface area contributed by atoms with Crippen LogP contribution in [-0.2, 0) is 4.79 Å². The maximum absolute atomic E-state index is 11.8. The summed E-state index contributed by atoms with van der Waals surface area (Å²) >= 11 is 0. The second-order valence-corrected chi connectivity index (χ2v) is 4.31. The van der Waals surface area contributed by atoms with Crippen molar-refractivity contribution >= 4 is 11.6 Å². The average Bonchev–Trinajstić information content (AvgIpc) is 3.12. The van der Waals surface area contributed by atoms with E-state index in [1.165, 1.54) is 0 Å². The van der Waals surface area contributed by atoms with Gasteiger partial charge in [-0.1, -0.05) is 13.0 Å². The first-order chi connectivity index (χ1) is 7.70. The van der Waals surface area contributed by atoms with Gasteiger partial charge in [0.1, 0.15) is 0 Å². The molecule has 0 bridgehead atoms. The highest BCUT2D eigenvalue weighted by Gasteiger charge is 2.32. The molecule has 1 aliphatic carbocycles. The number of rotatable bonds is 3. The molecule has 16 heavy (non-hydrogen) atoms. The van der Waals surface area contributed by atoms with Gasteiger partial charge in [0.05, 0.1) is 11.6 Å². The fourth-order valence-electron chi connectivity index (χ4n) is 1.73. The van der Waals surface area contributed by atoms with Crippen LogP contribution in [0.3, 0.4) is 0 Å². The maximum atomic E-state index is 11.8. The standard InChI is InChI=1S/C13H14N2O/c1-9(11-5-6-11)13(16)15-12-4-2-3-10(7-12)8-14/h2-4,7,9,11H,5-6H2,1H3,(H,15,16). The van der Waals surface area contributed by atoms with Crippen molar-refractivity contribution in [3.8, 4) is 6.07 Å². The highest BCUT2D eigenvalue weighted by Crippen LogP contribution is 2.37. The second-order valence-electron chi connectivity index (χ2n) is 4.31. The number of nitrogens with one attached hydrogen (secondary N) is 1. The van der Waals surface area contributed by atoms with Crippen LogP contribution in [0.2, 0.25) is 0 Å². The molecule has 1 aromatic rings. The van der Waals surface area contributed by atoms with E-state index in [1.807, 2.05) is 6.92 Å². The van der Waals surface area contributed by atoms with Gasteiger partial charge >= 0.3 is 0 Å². The van der Waals surface area contributed by atoms with Gasteiger partial charge in [-0.15, -0.1) is 0 Å². The zero-order valence-corrected chi connectivity index (χ0v) is 9.23. The van der Waals surface area contributed by atoms with Crippen molar-refractivity contribution in [3.05, 3.63) is 29.8 Å². The normalized spacial score (nSPS) is 16.2. The lowest BCUT2D eigenvalue weighted by molar-refractivity contribution is -0.119. The molecule has 1 N–H and O–H groups in total. The van der Waals surface area contributed by atoms with Crippen molar-refractivity contribution in [1.82, 2.24) is 0 Å². The molecule has 0 saturated heterocycles. The number of hydrogen-bond donors (Lipinski definition) is 1. The van der Waals surface area contributed by atoms with Gasteiger partial charge in [0, 0.05) is 11.6 Å². The number of amides is 1. The second kappa shape index (κ2) is 4.36. The van der Waals surface area contributed by atoms with E-state index in [0.717, 1.165) is 12.8 Å². The van der Waals surface area contributed by atoms with Gasteiger partial charge in [-0.25, -0.2) is 0 Å². The summed E-state index contributed by atoms with van der Waals surface area (Å²) in [7, 11) is 0. The van der Waals surface area contributed by atoms with Gasteiger partial charge in [0.25, 0.3) is 0 Å². The number of benzene rings is 1. The molecule has 3 heteroatoms. The van der Waals surface area contributed by atoms with Gasteiger partial charge in [0.2, 0.25) is 5.91 Å². The van der Waals surface area contributed by atoms with Crippen LogP contribution >= 0.6 is 0 Å². The van der Waals surface area contributed by atoms with Crippen molar-refractivity contribution in [1.29, 1.82) is 5.26 Å². The van der Waals surface area contributed by atoms with Gasteiger partial charge < -0.3 is 5.32 Å². The highest BCUT2D eigenvalue weighted by molar-refractivity contribution is 5.92. The molecule has 82 valence electrons. The van der Waals surface area contributed by atoms with Crippen LogP contribution < -0.4 is 5.32 Å². The Hall–Kier alpha value is -1.82. The van der Waals surface area contributed by atoms with Crippen molar-refractivity contribution in [2.24, 2.45) is 11.8 Å². The molecule has 2 rings (SSSR count). The van der Waals surface area contributed by atoms with E-state index in [-0.39, 0.29) is 11.8 Å². The van der Waals surface area contributed by atoms with Crippen molar-refractivity contribution in [2.45, 2.75) is 19.8 Å². The predicted octanol–water partition coefficient (Wildman–Crippen LogP) is 2.54. The smallest absolute Gasteiger partial charge is 0.227 e. The van der Waals surface area contributed by atoms with Crippen LogP contribution in [0.4, 0.5) is 5.69 Å². The summed E-state index contributed by atoms with van der Waals surface area (Å²) in [4.78, 5) is 11.8. The Morgan fingerprint density at radius 3 is 2.94 bits per heavy atom. The minimum Gasteiger partial charge on any atom is -0.326 e. The minimum atomic E-state index is 0.0533. The summed E-state index contributed by atoms with van der Waals surface area (Å²) in [6.07, 6.45) is 2.32. The monoisotopic (exact) mass is 214 g/mol. The molecule has 0 heterocycles. The van der Waals surface area contributed by atoms with Gasteiger partial charge in [-0.3, -0.25) is 4.79 Å². The highest BCUT2D eigenvalue weighted by atomic mass is 16.1. The summed E-state index contributed by atoms with van der Waals surface area (Å²) in [5.74, 6) is 0.683. The molecule has 1 aliphatic rings. The SMILES string of the molecule is CC(C(=O)Nc1cccc(C#N)c1)C1CC1. The maximum Gasteiger partial charge on any atom is 0.227 e. The van der Waals surface area contributed by atoms with E-state index >= 15 is 0 Å². The number of nitriles is 1. The lowest BCUT2D eigenvalue weighted by Crippen LogP contribution is -2.21. The molecule has 1 atom stereocenters. The summed E-state index contributed by atoms with van der Waals surface area (Å²) in [5, 5.41) is 11.6. The lowest BCUT2D eigenvalue weighted by Gasteiger charge is -2.10. The van der Waals surface area contributed by atoms with E-state index < -0.39 is 0 Å². The first-order valence-electron chi connectivity index (χ1n) is 5.51. The quantitative estimate of drug-likeness (QED) is 0.840.